The number of ether oxygens (including phenoxy) is 4. The molecule has 4 aliphatic heterocycles. The summed E-state index contributed by atoms with van der Waals surface area (Å²) >= 11 is 0. The van der Waals surface area contributed by atoms with Gasteiger partial charge in [0.15, 0.2) is 23.0 Å². The smallest absolute Gasteiger partial charge is 0.231 e. The van der Waals surface area contributed by atoms with Crippen LogP contribution in [0.4, 0.5) is 0 Å². The number of benzene rings is 2. The first-order valence-corrected chi connectivity index (χ1v) is 8.79. The summed E-state index contributed by atoms with van der Waals surface area (Å²) in [6.07, 6.45) is 2.00. The number of quaternary nitrogens is 1. The fourth-order valence-electron chi connectivity index (χ4n) is 5.01. The third-order valence-electron chi connectivity index (χ3n) is 6.42. The normalized spacial score (nSPS) is 26.2. The lowest BCUT2D eigenvalue weighted by atomic mass is 9.75. The Morgan fingerprint density at radius 2 is 1.08 bits per heavy atom. The topological polar surface area (TPSA) is 36.9 Å². The molecule has 0 spiro atoms. The summed E-state index contributed by atoms with van der Waals surface area (Å²) in [7, 11) is 4.69. The van der Waals surface area contributed by atoms with Gasteiger partial charge in [0.2, 0.25) is 13.6 Å². The Kier molecular flexibility index (Phi) is 2.44. The van der Waals surface area contributed by atoms with E-state index in [1.54, 1.807) is 0 Å². The van der Waals surface area contributed by atoms with Gasteiger partial charge in [0, 0.05) is 24.0 Å². The Hall–Kier alpha value is -2.40. The van der Waals surface area contributed by atoms with Crippen molar-refractivity contribution in [2.24, 2.45) is 0 Å². The van der Waals surface area contributed by atoms with Crippen molar-refractivity contribution >= 4 is 0 Å². The van der Waals surface area contributed by atoms with E-state index in [0.717, 1.165) is 40.3 Å². The van der Waals surface area contributed by atoms with E-state index in [9.17, 15) is 0 Å². The van der Waals surface area contributed by atoms with Gasteiger partial charge in [0.25, 0.3) is 0 Å². The number of nitrogens with zero attached hydrogens (tertiary/aromatic N) is 1. The first kappa shape index (κ1) is 13.8. The molecule has 5 nitrogen and oxygen atoms in total. The van der Waals surface area contributed by atoms with Crippen LogP contribution in [0.15, 0.2) is 24.3 Å². The lowest BCUT2D eigenvalue weighted by Crippen LogP contribution is -2.53. The lowest BCUT2D eigenvalue weighted by Gasteiger charge is -2.52. The summed E-state index contributed by atoms with van der Waals surface area (Å²) in [6, 6.07) is 9.61. The first-order chi connectivity index (χ1) is 12.1. The summed E-state index contributed by atoms with van der Waals surface area (Å²) in [6.45, 7) is 0.651. The Bertz CT molecular complexity index is 847. The van der Waals surface area contributed by atoms with E-state index in [0.29, 0.717) is 25.7 Å². The van der Waals surface area contributed by atoms with Crippen LogP contribution in [0.2, 0.25) is 0 Å². The van der Waals surface area contributed by atoms with Crippen molar-refractivity contribution in [3.8, 4) is 23.0 Å². The minimum atomic E-state index is 0.326. The number of fused-ring (bicyclic) bond motifs is 8. The minimum absolute atomic E-state index is 0.326. The Morgan fingerprint density at radius 1 is 0.680 bits per heavy atom. The maximum atomic E-state index is 5.63. The van der Waals surface area contributed by atoms with E-state index in [1.807, 2.05) is 0 Å². The Balaban J connectivity index is 1.54. The SMILES string of the molecule is C[N+]1(C)[C@H]2Cc3cc4c(cc3[C@@H]1Cc1cc3c(cc12)OCO3)OCO4. The molecule has 128 valence electrons. The second-order valence-corrected chi connectivity index (χ2v) is 7.88. The summed E-state index contributed by atoms with van der Waals surface area (Å²) < 4.78 is 23.4. The van der Waals surface area contributed by atoms with Crippen molar-refractivity contribution < 1.29 is 23.4 Å². The molecule has 2 atom stereocenters. The monoisotopic (exact) mass is 338 g/mol. The Morgan fingerprint density at radius 3 is 1.52 bits per heavy atom. The highest BCUT2D eigenvalue weighted by atomic mass is 16.7. The minimum Gasteiger partial charge on any atom is -0.454 e. The van der Waals surface area contributed by atoms with Crippen LogP contribution in [0, 0.1) is 0 Å². The van der Waals surface area contributed by atoms with Gasteiger partial charge < -0.3 is 23.4 Å². The van der Waals surface area contributed by atoms with Crippen molar-refractivity contribution in [1.29, 1.82) is 0 Å². The lowest BCUT2D eigenvalue weighted by molar-refractivity contribution is -0.955. The second-order valence-electron chi connectivity index (χ2n) is 7.88. The highest BCUT2D eigenvalue weighted by Gasteiger charge is 2.49. The third-order valence-corrected chi connectivity index (χ3v) is 6.42. The Labute approximate surface area is 146 Å². The molecular formula is C20H20NO4+. The van der Waals surface area contributed by atoms with E-state index in [2.05, 4.69) is 38.4 Å². The molecule has 0 aliphatic carbocycles. The van der Waals surface area contributed by atoms with Gasteiger partial charge in [0.05, 0.1) is 14.1 Å². The summed E-state index contributed by atoms with van der Waals surface area (Å²) in [5.41, 5.74) is 5.57. The molecule has 0 saturated heterocycles. The fraction of sp³-hybridized carbons (Fsp3) is 0.400. The van der Waals surface area contributed by atoms with E-state index in [1.165, 1.54) is 22.3 Å². The van der Waals surface area contributed by atoms with E-state index in [-0.39, 0.29) is 0 Å². The maximum Gasteiger partial charge on any atom is 0.231 e. The number of hydrogen-bond acceptors (Lipinski definition) is 4. The molecular weight excluding hydrogens is 318 g/mol. The standard InChI is InChI=1S/C20H20NO4/c1-21(2)15-3-11-5-17-19(24-9-22-17)7-13(11)16(21)4-12-6-18-20(8-14(12)15)25-10-23-18/h5-8,15-16H,3-4,9-10H2,1-2H3/q+1/t15-,16-/m0/s1. The van der Waals surface area contributed by atoms with Gasteiger partial charge in [-0.15, -0.1) is 0 Å². The molecule has 2 bridgehead atoms. The molecule has 25 heavy (non-hydrogen) atoms. The van der Waals surface area contributed by atoms with Crippen LogP contribution in [0.1, 0.15) is 34.3 Å². The van der Waals surface area contributed by atoms with Gasteiger partial charge in [-0.05, 0) is 35.4 Å². The third kappa shape index (κ3) is 1.71. The fourth-order valence-corrected chi connectivity index (χ4v) is 5.01. The number of likely N-dealkylation sites (N-methyl/N-ethyl adjacent to an activating group) is 1. The number of rotatable bonds is 0. The largest absolute Gasteiger partial charge is 0.454 e. The molecule has 0 amide bonds. The van der Waals surface area contributed by atoms with Crippen molar-refractivity contribution in [1.82, 2.24) is 0 Å². The quantitative estimate of drug-likeness (QED) is 0.692. The van der Waals surface area contributed by atoms with Crippen LogP contribution in [0.25, 0.3) is 0 Å². The van der Waals surface area contributed by atoms with Crippen molar-refractivity contribution in [3.63, 3.8) is 0 Å². The molecule has 4 heterocycles. The van der Waals surface area contributed by atoms with Crippen LogP contribution in [-0.4, -0.2) is 32.2 Å². The van der Waals surface area contributed by atoms with E-state index >= 15 is 0 Å². The molecule has 0 fully saturated rings. The first-order valence-electron chi connectivity index (χ1n) is 8.79. The maximum absolute atomic E-state index is 5.63. The average Bonchev–Trinajstić information content (AvgIpc) is 3.21. The van der Waals surface area contributed by atoms with Crippen LogP contribution < -0.4 is 18.9 Å². The predicted octanol–water partition coefficient (Wildman–Crippen LogP) is 3.12. The van der Waals surface area contributed by atoms with Crippen LogP contribution in [-0.2, 0) is 12.8 Å². The highest BCUT2D eigenvalue weighted by Crippen LogP contribution is 2.54. The molecule has 0 N–H and O–H groups in total. The van der Waals surface area contributed by atoms with E-state index < -0.39 is 0 Å². The molecule has 2 aromatic rings. The zero-order valence-corrected chi connectivity index (χ0v) is 14.4. The van der Waals surface area contributed by atoms with Gasteiger partial charge in [-0.2, -0.15) is 0 Å². The summed E-state index contributed by atoms with van der Waals surface area (Å²) in [4.78, 5) is 0. The number of hydrogen-bond donors (Lipinski definition) is 0. The molecule has 5 heteroatoms. The van der Waals surface area contributed by atoms with Crippen LogP contribution in [0.3, 0.4) is 0 Å². The summed E-state index contributed by atoms with van der Waals surface area (Å²) in [5, 5.41) is 0. The van der Waals surface area contributed by atoms with E-state index in [4.69, 9.17) is 18.9 Å². The molecule has 0 aromatic heterocycles. The predicted molar refractivity (Wildman–Crippen MR) is 90.1 cm³/mol. The molecule has 0 saturated carbocycles. The molecule has 6 rings (SSSR count). The zero-order chi connectivity index (χ0) is 16.8. The van der Waals surface area contributed by atoms with Gasteiger partial charge >= 0.3 is 0 Å². The average molecular weight is 338 g/mol. The molecule has 4 aliphatic rings. The van der Waals surface area contributed by atoms with Crippen LogP contribution >= 0.6 is 0 Å². The van der Waals surface area contributed by atoms with Gasteiger partial charge in [-0.25, -0.2) is 0 Å². The highest BCUT2D eigenvalue weighted by molar-refractivity contribution is 5.55. The van der Waals surface area contributed by atoms with Crippen molar-refractivity contribution in [2.75, 3.05) is 27.7 Å². The van der Waals surface area contributed by atoms with Crippen molar-refractivity contribution in [2.45, 2.75) is 24.9 Å². The zero-order valence-electron chi connectivity index (χ0n) is 14.4. The molecule has 0 radical (unpaired) electrons. The second kappa shape index (κ2) is 4.41. The van der Waals surface area contributed by atoms with Crippen LogP contribution in [0.5, 0.6) is 23.0 Å². The summed E-state index contributed by atoms with van der Waals surface area (Å²) in [5.74, 6) is 3.53. The molecule has 2 aromatic carbocycles. The van der Waals surface area contributed by atoms with Crippen molar-refractivity contribution in [3.05, 3.63) is 46.5 Å². The van der Waals surface area contributed by atoms with Gasteiger partial charge in [-0.3, -0.25) is 0 Å². The van der Waals surface area contributed by atoms with Gasteiger partial charge in [-0.1, -0.05) is 0 Å². The molecule has 0 unspecified atom stereocenters. The van der Waals surface area contributed by atoms with Gasteiger partial charge in [0.1, 0.15) is 12.1 Å².